The zero-order chi connectivity index (χ0) is 14.5. The Hall–Kier alpha value is -1.51. The van der Waals surface area contributed by atoms with Gasteiger partial charge in [-0.05, 0) is 25.1 Å². The number of amides is 1. The molecule has 0 spiro atoms. The summed E-state index contributed by atoms with van der Waals surface area (Å²) in [4.78, 5) is 14.1. The first-order chi connectivity index (χ1) is 9.63. The maximum absolute atomic E-state index is 13.9. The highest BCUT2D eigenvalue weighted by Gasteiger charge is 2.26. The van der Waals surface area contributed by atoms with Gasteiger partial charge in [0.05, 0.1) is 5.56 Å². The fourth-order valence-corrected chi connectivity index (χ4v) is 3.11. The smallest absolute Gasteiger partial charge is 0.257 e. The van der Waals surface area contributed by atoms with Gasteiger partial charge in [0.1, 0.15) is 12.4 Å². The molecule has 1 fully saturated rings. The van der Waals surface area contributed by atoms with Crippen molar-refractivity contribution in [2.24, 2.45) is 0 Å². The Kier molecular flexibility index (Phi) is 5.05. The summed E-state index contributed by atoms with van der Waals surface area (Å²) in [6, 6.07) is 4.31. The lowest BCUT2D eigenvalue weighted by Gasteiger charge is -2.33. The Bertz CT molecular complexity index is 565. The molecule has 0 aromatic heterocycles. The molecule has 1 aliphatic heterocycles. The predicted molar refractivity (Wildman–Crippen MR) is 78.2 cm³/mol. The van der Waals surface area contributed by atoms with E-state index in [0.717, 1.165) is 11.5 Å². The van der Waals surface area contributed by atoms with Gasteiger partial charge in [-0.1, -0.05) is 11.8 Å². The van der Waals surface area contributed by atoms with Crippen molar-refractivity contribution in [2.75, 3.05) is 24.7 Å². The predicted octanol–water partition coefficient (Wildman–Crippen LogP) is 1.75. The number of thioether (sulfide) groups is 1. The fraction of sp³-hybridized carbons (Fsp3) is 0.400. The molecule has 1 heterocycles. The summed E-state index contributed by atoms with van der Waals surface area (Å²) >= 11 is 1.80. The Morgan fingerprint density at radius 2 is 2.40 bits per heavy atom. The molecule has 5 heteroatoms. The zero-order valence-electron chi connectivity index (χ0n) is 11.2. The van der Waals surface area contributed by atoms with Crippen LogP contribution in [0.25, 0.3) is 0 Å². The van der Waals surface area contributed by atoms with Crippen LogP contribution in [0.15, 0.2) is 18.2 Å². The number of hydrogen-bond acceptors (Lipinski definition) is 3. The molecule has 0 saturated carbocycles. The Balaban J connectivity index is 2.28. The first kappa shape index (κ1) is 14.9. The molecule has 3 nitrogen and oxygen atoms in total. The van der Waals surface area contributed by atoms with Crippen LogP contribution in [0, 0.1) is 17.7 Å². The Morgan fingerprint density at radius 1 is 1.60 bits per heavy atom. The highest BCUT2D eigenvalue weighted by atomic mass is 32.2. The van der Waals surface area contributed by atoms with Crippen molar-refractivity contribution in [3.05, 3.63) is 35.1 Å². The average Bonchev–Trinajstić information content (AvgIpc) is 2.46. The summed E-state index contributed by atoms with van der Waals surface area (Å²) in [5.74, 6) is 6.11. The third kappa shape index (κ3) is 3.33. The van der Waals surface area contributed by atoms with Crippen molar-refractivity contribution >= 4 is 17.7 Å². The van der Waals surface area contributed by atoms with Crippen molar-refractivity contribution in [3.63, 3.8) is 0 Å². The van der Waals surface area contributed by atoms with Crippen LogP contribution in [0.2, 0.25) is 0 Å². The van der Waals surface area contributed by atoms with E-state index in [4.69, 9.17) is 5.11 Å². The van der Waals surface area contributed by atoms with E-state index in [1.54, 1.807) is 16.7 Å². The molecule has 1 amide bonds. The molecule has 0 radical (unpaired) electrons. The zero-order valence-corrected chi connectivity index (χ0v) is 12.0. The van der Waals surface area contributed by atoms with E-state index in [-0.39, 0.29) is 24.1 Å². The van der Waals surface area contributed by atoms with E-state index < -0.39 is 5.82 Å². The molecular weight excluding hydrogens is 277 g/mol. The van der Waals surface area contributed by atoms with Gasteiger partial charge >= 0.3 is 0 Å². The number of rotatable bonds is 1. The number of benzene rings is 1. The SMILES string of the molecule is CC1CSCCN1C(=O)c1cc(C#CCO)ccc1F. The Labute approximate surface area is 122 Å². The molecule has 1 N–H and O–H groups in total. The van der Waals surface area contributed by atoms with Crippen molar-refractivity contribution in [1.29, 1.82) is 0 Å². The third-order valence-corrected chi connectivity index (χ3v) is 4.33. The number of carbonyl (C=O) groups is 1. The minimum absolute atomic E-state index is 0.0495. The second-order valence-electron chi connectivity index (χ2n) is 4.58. The summed E-state index contributed by atoms with van der Waals surface area (Å²) < 4.78 is 13.9. The van der Waals surface area contributed by atoms with Gasteiger partial charge in [0.25, 0.3) is 5.91 Å². The van der Waals surface area contributed by atoms with E-state index in [1.807, 2.05) is 6.92 Å². The van der Waals surface area contributed by atoms with E-state index >= 15 is 0 Å². The fourth-order valence-electron chi connectivity index (χ4n) is 2.09. The average molecular weight is 293 g/mol. The first-order valence-electron chi connectivity index (χ1n) is 6.41. The second-order valence-corrected chi connectivity index (χ2v) is 5.73. The van der Waals surface area contributed by atoms with Crippen molar-refractivity contribution in [3.8, 4) is 11.8 Å². The third-order valence-electron chi connectivity index (χ3n) is 3.14. The molecular formula is C15H16FNO2S. The lowest BCUT2D eigenvalue weighted by molar-refractivity contribution is 0.0711. The second kappa shape index (κ2) is 6.78. The van der Waals surface area contributed by atoms with Crippen molar-refractivity contribution < 1.29 is 14.3 Å². The van der Waals surface area contributed by atoms with E-state index in [2.05, 4.69) is 11.8 Å². The lowest BCUT2D eigenvalue weighted by Crippen LogP contribution is -2.44. The molecule has 1 aliphatic rings. The van der Waals surface area contributed by atoms with Gasteiger partial charge in [0.15, 0.2) is 0 Å². The van der Waals surface area contributed by atoms with Gasteiger partial charge in [-0.3, -0.25) is 4.79 Å². The summed E-state index contributed by atoms with van der Waals surface area (Å²) in [7, 11) is 0. The molecule has 0 aliphatic carbocycles. The van der Waals surface area contributed by atoms with E-state index in [1.165, 1.54) is 18.2 Å². The van der Waals surface area contributed by atoms with Crippen molar-refractivity contribution in [2.45, 2.75) is 13.0 Å². The van der Waals surface area contributed by atoms with Crippen LogP contribution in [-0.2, 0) is 0 Å². The van der Waals surface area contributed by atoms with Crippen LogP contribution in [0.1, 0.15) is 22.8 Å². The van der Waals surface area contributed by atoms with Crippen LogP contribution in [-0.4, -0.2) is 46.6 Å². The van der Waals surface area contributed by atoms with Gasteiger partial charge in [-0.25, -0.2) is 4.39 Å². The molecule has 20 heavy (non-hydrogen) atoms. The van der Waals surface area contributed by atoms with Gasteiger partial charge in [-0.2, -0.15) is 11.8 Å². The summed E-state index contributed by atoms with van der Waals surface area (Å²) in [6.07, 6.45) is 0. The minimum Gasteiger partial charge on any atom is -0.384 e. The van der Waals surface area contributed by atoms with Crippen molar-refractivity contribution in [1.82, 2.24) is 4.90 Å². The minimum atomic E-state index is -0.532. The highest BCUT2D eigenvalue weighted by Crippen LogP contribution is 2.20. The van der Waals surface area contributed by atoms with E-state index in [9.17, 15) is 9.18 Å². The molecule has 1 atom stereocenters. The Morgan fingerprint density at radius 3 is 3.10 bits per heavy atom. The summed E-state index contributed by atoms with van der Waals surface area (Å²) in [6.45, 7) is 2.34. The van der Waals surface area contributed by atoms with Crippen LogP contribution in [0.5, 0.6) is 0 Å². The van der Waals surface area contributed by atoms with Gasteiger partial charge in [0, 0.05) is 29.7 Å². The highest BCUT2D eigenvalue weighted by molar-refractivity contribution is 7.99. The maximum Gasteiger partial charge on any atom is 0.257 e. The van der Waals surface area contributed by atoms with Gasteiger partial charge < -0.3 is 10.0 Å². The molecule has 106 valence electrons. The molecule has 1 aromatic carbocycles. The lowest BCUT2D eigenvalue weighted by atomic mass is 10.1. The van der Waals surface area contributed by atoms with E-state index in [0.29, 0.717) is 12.1 Å². The van der Waals surface area contributed by atoms with Gasteiger partial charge in [0.2, 0.25) is 0 Å². The topological polar surface area (TPSA) is 40.5 Å². The van der Waals surface area contributed by atoms with Crippen LogP contribution in [0.4, 0.5) is 4.39 Å². The molecule has 1 aromatic rings. The van der Waals surface area contributed by atoms with Crippen LogP contribution in [0.3, 0.4) is 0 Å². The van der Waals surface area contributed by atoms with Crippen LogP contribution >= 0.6 is 11.8 Å². The number of halogens is 1. The largest absolute Gasteiger partial charge is 0.384 e. The normalized spacial score (nSPS) is 18.4. The summed E-state index contributed by atoms with van der Waals surface area (Å²) in [5.41, 5.74) is 0.580. The quantitative estimate of drug-likeness (QED) is 0.802. The number of aliphatic hydroxyl groups is 1. The molecule has 0 bridgehead atoms. The van der Waals surface area contributed by atoms with Crippen LogP contribution < -0.4 is 0 Å². The van der Waals surface area contributed by atoms with Gasteiger partial charge in [-0.15, -0.1) is 0 Å². The monoisotopic (exact) mass is 293 g/mol. The summed E-state index contributed by atoms with van der Waals surface area (Å²) in [5, 5.41) is 8.67. The number of aliphatic hydroxyl groups excluding tert-OH is 1. The molecule has 2 rings (SSSR count). The number of carbonyl (C=O) groups excluding carboxylic acids is 1. The molecule has 1 saturated heterocycles. The number of hydrogen-bond donors (Lipinski definition) is 1. The molecule has 1 unspecified atom stereocenters. The first-order valence-corrected chi connectivity index (χ1v) is 7.57. The number of nitrogens with zero attached hydrogens (tertiary/aromatic N) is 1. The maximum atomic E-state index is 13.9. The standard InChI is InChI=1S/C15H16FNO2S/c1-11-10-20-8-6-17(11)15(19)13-9-12(3-2-7-18)4-5-14(13)16/h4-5,9,11,18H,6-8,10H2,1H3.